The molecule has 0 N–H and O–H groups in total. The van der Waals surface area contributed by atoms with Crippen molar-refractivity contribution >= 4 is 5.91 Å². The van der Waals surface area contributed by atoms with Crippen molar-refractivity contribution in [2.24, 2.45) is 5.41 Å². The number of hydrogen-bond acceptors (Lipinski definition) is 3. The minimum Gasteiger partial charge on any atom is -0.492 e. The molecule has 0 aliphatic carbocycles. The predicted octanol–water partition coefficient (Wildman–Crippen LogP) is 6.49. The van der Waals surface area contributed by atoms with Crippen LogP contribution in [0.4, 0.5) is 8.78 Å². The molecule has 1 spiro atoms. The van der Waals surface area contributed by atoms with E-state index in [1.165, 1.54) is 23.8 Å². The van der Waals surface area contributed by atoms with Crippen LogP contribution in [0, 0.1) is 17.0 Å². The van der Waals surface area contributed by atoms with Crippen LogP contribution in [0.25, 0.3) is 0 Å². The SMILES string of the molecule is O=C(c1ccc(F)cc1)N1CCC2(CCCCc3ccccc3OCCN(Cc3ccccc3F)C2)CC1. The zero-order chi connectivity index (χ0) is 26.4. The lowest BCUT2D eigenvalue weighted by atomic mass is 9.73. The predicted molar refractivity (Wildman–Crippen MR) is 145 cm³/mol. The number of halogens is 2. The number of nitrogens with zero attached hydrogens (tertiary/aromatic N) is 2. The van der Waals surface area contributed by atoms with E-state index in [0.717, 1.165) is 50.8 Å². The summed E-state index contributed by atoms with van der Waals surface area (Å²) < 4.78 is 34.2. The largest absolute Gasteiger partial charge is 0.492 e. The molecule has 2 heterocycles. The van der Waals surface area contributed by atoms with Crippen molar-refractivity contribution in [1.82, 2.24) is 9.80 Å². The average Bonchev–Trinajstić information content (AvgIpc) is 2.93. The number of fused-ring (bicyclic) bond motifs is 1. The summed E-state index contributed by atoms with van der Waals surface area (Å²) in [5, 5.41) is 0. The first-order valence-electron chi connectivity index (χ1n) is 13.7. The molecule has 2 aliphatic rings. The molecule has 0 bridgehead atoms. The van der Waals surface area contributed by atoms with Crippen LogP contribution in [-0.2, 0) is 13.0 Å². The lowest BCUT2D eigenvalue weighted by molar-refractivity contribution is 0.0359. The molecular weight excluding hydrogens is 482 g/mol. The van der Waals surface area contributed by atoms with Gasteiger partial charge < -0.3 is 9.64 Å². The van der Waals surface area contributed by atoms with Crippen molar-refractivity contribution in [3.8, 4) is 5.75 Å². The van der Waals surface area contributed by atoms with Crippen LogP contribution in [0.15, 0.2) is 72.8 Å². The summed E-state index contributed by atoms with van der Waals surface area (Å²) in [4.78, 5) is 17.3. The number of hydrogen-bond donors (Lipinski definition) is 0. The fourth-order valence-corrected chi connectivity index (χ4v) is 5.95. The molecule has 6 heteroatoms. The summed E-state index contributed by atoms with van der Waals surface area (Å²) in [6.45, 7) is 3.94. The Bertz CT molecular complexity index is 1220. The van der Waals surface area contributed by atoms with E-state index in [2.05, 4.69) is 17.0 Å². The first-order valence-corrected chi connectivity index (χ1v) is 13.7. The molecule has 200 valence electrons. The standard InChI is InChI=1S/C32H36F2N2O2/c33-28-14-12-26(13-15-28)31(37)36-19-17-32(18-20-36)16-6-5-8-25-7-2-4-11-30(25)38-22-21-35(24-32)23-27-9-1-3-10-29(27)34/h1-4,7,9-15H,5-6,8,16-24H2. The monoisotopic (exact) mass is 518 g/mol. The van der Waals surface area contributed by atoms with E-state index in [4.69, 9.17) is 4.74 Å². The molecule has 38 heavy (non-hydrogen) atoms. The summed E-state index contributed by atoms with van der Waals surface area (Å²) in [6, 6.07) is 21.1. The van der Waals surface area contributed by atoms with E-state index in [1.54, 1.807) is 18.2 Å². The van der Waals surface area contributed by atoms with Gasteiger partial charge in [-0.25, -0.2) is 8.78 Å². The lowest BCUT2D eigenvalue weighted by Gasteiger charge is -2.45. The Labute approximate surface area is 224 Å². The van der Waals surface area contributed by atoms with Gasteiger partial charge in [0.15, 0.2) is 0 Å². The first-order chi connectivity index (χ1) is 18.5. The number of likely N-dealkylation sites (tertiary alicyclic amines) is 1. The second kappa shape index (κ2) is 12.1. The Kier molecular flexibility index (Phi) is 8.38. The van der Waals surface area contributed by atoms with E-state index in [-0.39, 0.29) is 23.0 Å². The molecule has 1 saturated heterocycles. The fourth-order valence-electron chi connectivity index (χ4n) is 5.95. The summed E-state index contributed by atoms with van der Waals surface area (Å²) >= 11 is 0. The topological polar surface area (TPSA) is 32.8 Å². The summed E-state index contributed by atoms with van der Waals surface area (Å²) in [5.41, 5.74) is 2.50. The smallest absolute Gasteiger partial charge is 0.253 e. The van der Waals surface area contributed by atoms with Gasteiger partial charge >= 0.3 is 0 Å². The van der Waals surface area contributed by atoms with Gasteiger partial charge in [-0.1, -0.05) is 42.8 Å². The van der Waals surface area contributed by atoms with Crippen LogP contribution in [0.3, 0.4) is 0 Å². The fraction of sp³-hybridized carbons (Fsp3) is 0.406. The van der Waals surface area contributed by atoms with Gasteiger partial charge in [0.25, 0.3) is 5.91 Å². The molecule has 1 fully saturated rings. The highest BCUT2D eigenvalue weighted by Gasteiger charge is 2.37. The maximum absolute atomic E-state index is 14.6. The Balaban J connectivity index is 1.34. The molecule has 4 nitrogen and oxygen atoms in total. The molecule has 0 unspecified atom stereocenters. The van der Waals surface area contributed by atoms with Gasteiger partial charge in [0.05, 0.1) is 0 Å². The van der Waals surface area contributed by atoms with E-state index in [0.29, 0.717) is 43.9 Å². The number of piperidine rings is 1. The van der Waals surface area contributed by atoms with Crippen molar-refractivity contribution in [2.45, 2.75) is 45.1 Å². The Hall–Kier alpha value is -3.25. The molecule has 1 amide bonds. The van der Waals surface area contributed by atoms with Crippen molar-refractivity contribution in [2.75, 3.05) is 32.8 Å². The third-order valence-electron chi connectivity index (χ3n) is 8.15. The van der Waals surface area contributed by atoms with Gasteiger partial charge in [-0.05, 0) is 79.5 Å². The van der Waals surface area contributed by atoms with Crippen LogP contribution in [0.1, 0.15) is 53.6 Å². The van der Waals surface area contributed by atoms with Gasteiger partial charge in [-0.3, -0.25) is 9.69 Å². The number of carbonyl (C=O) groups excluding carboxylic acids is 1. The number of aryl methyl sites for hydroxylation is 1. The van der Waals surface area contributed by atoms with Crippen LogP contribution in [-0.4, -0.2) is 48.5 Å². The third-order valence-corrected chi connectivity index (χ3v) is 8.15. The first kappa shape index (κ1) is 26.4. The number of para-hydroxylation sites is 1. The third kappa shape index (κ3) is 6.41. The quantitative estimate of drug-likeness (QED) is 0.397. The molecule has 0 aromatic heterocycles. The number of rotatable bonds is 3. The Morgan fingerprint density at radius 1 is 0.842 bits per heavy atom. The van der Waals surface area contributed by atoms with Gasteiger partial charge in [-0.2, -0.15) is 0 Å². The highest BCUT2D eigenvalue weighted by atomic mass is 19.1. The zero-order valence-corrected chi connectivity index (χ0v) is 21.9. The molecule has 3 aromatic rings. The summed E-state index contributed by atoms with van der Waals surface area (Å²) in [6.07, 6.45) is 6.01. The minimum atomic E-state index is -0.339. The highest BCUT2D eigenvalue weighted by Crippen LogP contribution is 2.39. The molecule has 5 rings (SSSR count). The molecule has 0 atom stereocenters. The highest BCUT2D eigenvalue weighted by molar-refractivity contribution is 5.94. The van der Waals surface area contributed by atoms with Crippen molar-refractivity contribution in [1.29, 1.82) is 0 Å². The molecule has 2 aliphatic heterocycles. The number of ether oxygens (including phenoxy) is 1. The van der Waals surface area contributed by atoms with Crippen LogP contribution in [0.5, 0.6) is 5.75 Å². The number of amides is 1. The maximum atomic E-state index is 14.6. The van der Waals surface area contributed by atoms with E-state index >= 15 is 0 Å². The number of carbonyl (C=O) groups is 1. The van der Waals surface area contributed by atoms with Crippen LogP contribution >= 0.6 is 0 Å². The summed E-state index contributed by atoms with van der Waals surface area (Å²) in [7, 11) is 0. The van der Waals surface area contributed by atoms with Gasteiger partial charge in [-0.15, -0.1) is 0 Å². The lowest BCUT2D eigenvalue weighted by Crippen LogP contribution is -2.48. The van der Waals surface area contributed by atoms with E-state index < -0.39 is 0 Å². The van der Waals surface area contributed by atoms with Gasteiger partial charge in [0, 0.05) is 43.9 Å². The van der Waals surface area contributed by atoms with Crippen molar-refractivity contribution in [3.63, 3.8) is 0 Å². The van der Waals surface area contributed by atoms with Crippen LogP contribution in [0.2, 0.25) is 0 Å². The summed E-state index contributed by atoms with van der Waals surface area (Å²) in [5.74, 6) is 0.384. The molecule has 3 aromatic carbocycles. The van der Waals surface area contributed by atoms with Crippen molar-refractivity contribution < 1.29 is 18.3 Å². The average molecular weight is 519 g/mol. The van der Waals surface area contributed by atoms with E-state index in [1.807, 2.05) is 29.2 Å². The molecule has 0 saturated carbocycles. The minimum absolute atomic E-state index is 0.0405. The van der Waals surface area contributed by atoms with Crippen LogP contribution < -0.4 is 4.74 Å². The molecule has 0 radical (unpaired) electrons. The normalized spacial score (nSPS) is 18.6. The maximum Gasteiger partial charge on any atom is 0.253 e. The van der Waals surface area contributed by atoms with E-state index in [9.17, 15) is 13.6 Å². The zero-order valence-electron chi connectivity index (χ0n) is 21.9. The second-order valence-corrected chi connectivity index (χ2v) is 10.8. The Morgan fingerprint density at radius 2 is 1.58 bits per heavy atom. The Morgan fingerprint density at radius 3 is 2.37 bits per heavy atom. The number of benzene rings is 3. The second-order valence-electron chi connectivity index (χ2n) is 10.8. The molecular formula is C32H36F2N2O2. The van der Waals surface area contributed by atoms with Gasteiger partial charge in [0.2, 0.25) is 0 Å². The van der Waals surface area contributed by atoms with Gasteiger partial charge in [0.1, 0.15) is 24.0 Å². The van der Waals surface area contributed by atoms with Crippen molar-refractivity contribution in [3.05, 3.63) is 101 Å².